The molecule has 4 nitrogen and oxygen atoms in total. The van der Waals surface area contributed by atoms with Crippen molar-refractivity contribution in [1.29, 1.82) is 0 Å². The highest BCUT2D eigenvalue weighted by molar-refractivity contribution is 6.09. The molecule has 3 N–H and O–H groups in total. The molecule has 0 aromatic carbocycles. The van der Waals surface area contributed by atoms with E-state index < -0.39 is 0 Å². The van der Waals surface area contributed by atoms with E-state index in [-0.39, 0.29) is 11.1 Å². The first-order valence-corrected chi connectivity index (χ1v) is 8.43. The molecule has 3 atom stereocenters. The van der Waals surface area contributed by atoms with Crippen LogP contribution in [-0.2, 0) is 4.79 Å². The van der Waals surface area contributed by atoms with Crippen molar-refractivity contribution in [2.75, 3.05) is 20.1 Å². The van der Waals surface area contributed by atoms with E-state index in [0.717, 1.165) is 25.8 Å². The average molecular weight is 277 g/mol. The molecule has 0 aromatic rings. The minimum Gasteiger partial charge on any atom is -0.335 e. The Labute approximate surface area is 121 Å². The van der Waals surface area contributed by atoms with Crippen molar-refractivity contribution >= 4 is 11.6 Å². The van der Waals surface area contributed by atoms with Gasteiger partial charge in [0.1, 0.15) is 6.54 Å². The molecule has 0 radical (unpaired) electrons. The smallest absolute Gasteiger partial charge is 0.247 e. The largest absolute Gasteiger partial charge is 0.335 e. The maximum absolute atomic E-state index is 13.0. The molecular weight excluding hydrogens is 250 g/mol. The number of piperidine rings is 1. The summed E-state index contributed by atoms with van der Waals surface area (Å²) in [5.41, 5.74) is 1.11. The molecule has 4 heteroatoms. The third kappa shape index (κ3) is 1.70. The van der Waals surface area contributed by atoms with E-state index in [4.69, 9.17) is 0 Å². The quantitative estimate of drug-likeness (QED) is 0.502. The number of likely N-dealkylation sites (tertiary alicyclic amines) is 1. The summed E-state index contributed by atoms with van der Waals surface area (Å²) >= 11 is 0. The van der Waals surface area contributed by atoms with Crippen LogP contribution in [0.2, 0.25) is 0 Å². The van der Waals surface area contributed by atoms with E-state index in [2.05, 4.69) is 17.4 Å². The average Bonchev–Trinajstić information content (AvgIpc) is 2.40. The summed E-state index contributed by atoms with van der Waals surface area (Å²) in [6, 6.07) is 0. The summed E-state index contributed by atoms with van der Waals surface area (Å²) in [4.78, 5) is 18.4. The van der Waals surface area contributed by atoms with Crippen LogP contribution in [0.5, 0.6) is 0 Å². The lowest BCUT2D eigenvalue weighted by Crippen LogP contribution is -3.16. The lowest BCUT2D eigenvalue weighted by molar-refractivity contribution is -0.892. The van der Waals surface area contributed by atoms with Gasteiger partial charge in [-0.05, 0) is 25.7 Å². The number of rotatable bonds is 0. The standard InChI is InChI=1S/C16H25N3O/c1-19-10-12-6-5-7-15(11-19)13(12)17-16(18-14(15)20)8-3-2-4-9-16/h12H,2-11H2,1H3,(H,18,20)/p+2/t12-,15-/m1/s1. The zero-order chi connectivity index (χ0) is 13.8. The van der Waals surface area contributed by atoms with Crippen LogP contribution >= 0.6 is 0 Å². The summed E-state index contributed by atoms with van der Waals surface area (Å²) in [7, 11) is 2.25. The van der Waals surface area contributed by atoms with Gasteiger partial charge in [0.2, 0.25) is 11.6 Å². The van der Waals surface area contributed by atoms with Gasteiger partial charge in [-0.25, -0.2) is 4.99 Å². The molecule has 1 saturated heterocycles. The third-order valence-electron chi connectivity index (χ3n) is 6.15. The van der Waals surface area contributed by atoms with Crippen LogP contribution in [0, 0.1) is 11.3 Å². The maximum atomic E-state index is 13.0. The summed E-state index contributed by atoms with van der Waals surface area (Å²) < 4.78 is 0. The molecule has 1 spiro atoms. The molecule has 2 saturated carbocycles. The van der Waals surface area contributed by atoms with Gasteiger partial charge in [-0.2, -0.15) is 0 Å². The van der Waals surface area contributed by atoms with Gasteiger partial charge in [0.05, 0.1) is 19.5 Å². The molecule has 2 heterocycles. The first-order valence-electron chi connectivity index (χ1n) is 8.43. The monoisotopic (exact) mass is 277 g/mol. The molecule has 110 valence electrons. The number of nitrogens with one attached hydrogen (secondary N) is 3. The van der Waals surface area contributed by atoms with E-state index in [1.54, 1.807) is 0 Å². The van der Waals surface area contributed by atoms with E-state index in [1.165, 1.54) is 49.3 Å². The molecule has 4 rings (SSSR count). The molecule has 2 aliphatic carbocycles. The highest BCUT2D eigenvalue weighted by Gasteiger charge is 2.63. The summed E-state index contributed by atoms with van der Waals surface area (Å²) in [5.74, 6) is 0.944. The molecule has 2 bridgehead atoms. The first-order chi connectivity index (χ1) is 9.64. The van der Waals surface area contributed by atoms with Crippen LogP contribution < -0.4 is 15.2 Å². The fourth-order valence-corrected chi connectivity index (χ4v) is 5.28. The van der Waals surface area contributed by atoms with Gasteiger partial charge < -0.3 is 4.90 Å². The van der Waals surface area contributed by atoms with Crippen molar-refractivity contribution in [2.45, 2.75) is 57.0 Å². The molecular formula is C16H27N3O+2. The summed E-state index contributed by atoms with van der Waals surface area (Å²) in [6.45, 7) is 2.18. The Bertz CT molecular complexity index is 466. The topological polar surface area (TPSA) is 47.5 Å². The predicted molar refractivity (Wildman–Crippen MR) is 76.3 cm³/mol. The number of quaternary nitrogens is 1. The van der Waals surface area contributed by atoms with Crippen molar-refractivity contribution in [3.8, 4) is 0 Å². The zero-order valence-corrected chi connectivity index (χ0v) is 12.6. The molecule has 1 unspecified atom stereocenters. The Morgan fingerprint density at radius 1 is 1.20 bits per heavy atom. The van der Waals surface area contributed by atoms with Crippen molar-refractivity contribution < 1.29 is 14.7 Å². The lowest BCUT2D eigenvalue weighted by atomic mass is 9.62. The SMILES string of the molecule is C[NH+]1C[C@H]2CCC[C@]3(C1)C(=O)NC1(CCCCC1)[NH+]=C23. The second kappa shape index (κ2) is 4.30. The number of hydrogen-bond donors (Lipinski definition) is 3. The second-order valence-electron chi connectivity index (χ2n) is 7.64. The van der Waals surface area contributed by atoms with Gasteiger partial charge in [-0.3, -0.25) is 10.1 Å². The maximum Gasteiger partial charge on any atom is 0.247 e. The normalized spacial score (nSPS) is 42.6. The molecule has 4 aliphatic rings. The van der Waals surface area contributed by atoms with Crippen LogP contribution in [0.15, 0.2) is 0 Å². The molecule has 2 aliphatic heterocycles. The minimum atomic E-state index is -0.200. The van der Waals surface area contributed by atoms with Crippen molar-refractivity contribution in [3.63, 3.8) is 0 Å². The second-order valence-corrected chi connectivity index (χ2v) is 7.64. The molecule has 0 aromatic heterocycles. The van der Waals surface area contributed by atoms with E-state index in [1.807, 2.05) is 0 Å². The Morgan fingerprint density at radius 3 is 2.80 bits per heavy atom. The van der Waals surface area contributed by atoms with Crippen LogP contribution in [-0.4, -0.2) is 37.4 Å². The number of amides is 1. The predicted octanol–water partition coefficient (Wildman–Crippen LogP) is -1.39. The van der Waals surface area contributed by atoms with Gasteiger partial charge in [-0.15, -0.1) is 0 Å². The van der Waals surface area contributed by atoms with Gasteiger partial charge >= 0.3 is 0 Å². The summed E-state index contributed by atoms with van der Waals surface area (Å²) in [6.07, 6.45) is 9.53. The highest BCUT2D eigenvalue weighted by atomic mass is 16.2. The fourth-order valence-electron chi connectivity index (χ4n) is 5.28. The Morgan fingerprint density at radius 2 is 2.00 bits per heavy atom. The van der Waals surface area contributed by atoms with Crippen LogP contribution in [0.4, 0.5) is 0 Å². The molecule has 20 heavy (non-hydrogen) atoms. The Balaban J connectivity index is 1.78. The Kier molecular flexibility index (Phi) is 2.75. The highest BCUT2D eigenvalue weighted by Crippen LogP contribution is 2.39. The van der Waals surface area contributed by atoms with Gasteiger partial charge in [0.15, 0.2) is 11.1 Å². The van der Waals surface area contributed by atoms with Gasteiger partial charge in [-0.1, -0.05) is 12.8 Å². The first kappa shape index (κ1) is 12.8. The van der Waals surface area contributed by atoms with Crippen molar-refractivity contribution in [3.05, 3.63) is 0 Å². The molecule has 3 fully saturated rings. The van der Waals surface area contributed by atoms with Crippen molar-refractivity contribution in [2.24, 2.45) is 11.3 Å². The van der Waals surface area contributed by atoms with Gasteiger partial charge in [0.25, 0.3) is 0 Å². The Hall–Kier alpha value is -0.900. The van der Waals surface area contributed by atoms with Gasteiger partial charge in [0, 0.05) is 12.8 Å². The number of carbonyl (C=O) groups is 1. The number of hydrogen-bond acceptors (Lipinski definition) is 1. The van der Waals surface area contributed by atoms with Crippen LogP contribution in [0.25, 0.3) is 0 Å². The number of carbonyl (C=O) groups excluding carboxylic acids is 1. The van der Waals surface area contributed by atoms with E-state index in [9.17, 15) is 4.79 Å². The van der Waals surface area contributed by atoms with E-state index in [0.29, 0.717) is 11.8 Å². The minimum absolute atomic E-state index is 0.102. The lowest BCUT2D eigenvalue weighted by Gasteiger charge is -2.48. The fraction of sp³-hybridized carbons (Fsp3) is 0.875. The summed E-state index contributed by atoms with van der Waals surface area (Å²) in [5, 5.41) is 3.41. The van der Waals surface area contributed by atoms with Crippen molar-refractivity contribution in [1.82, 2.24) is 5.32 Å². The molecule has 1 amide bonds. The third-order valence-corrected chi connectivity index (χ3v) is 6.15. The van der Waals surface area contributed by atoms with Crippen LogP contribution in [0.3, 0.4) is 0 Å². The zero-order valence-electron chi connectivity index (χ0n) is 12.6. The van der Waals surface area contributed by atoms with E-state index >= 15 is 0 Å². The van der Waals surface area contributed by atoms with Crippen LogP contribution in [0.1, 0.15) is 51.4 Å².